The van der Waals surface area contributed by atoms with E-state index in [0.29, 0.717) is 5.03 Å². The van der Waals surface area contributed by atoms with Crippen LogP contribution in [0.3, 0.4) is 0 Å². The minimum atomic E-state index is -3.51. The summed E-state index contributed by atoms with van der Waals surface area (Å²) in [5, 5.41) is 0.333. The third-order valence-corrected chi connectivity index (χ3v) is 3.01. The van der Waals surface area contributed by atoms with Crippen LogP contribution in [0.15, 0.2) is 22.9 Å². The average molecular weight is 269 g/mol. The molecule has 0 aromatic rings. The van der Waals surface area contributed by atoms with Gasteiger partial charge in [0.25, 0.3) is 0 Å². The van der Waals surface area contributed by atoms with Gasteiger partial charge < -0.3 is 4.52 Å². The number of phosphoric acid groups is 1. The Morgan fingerprint density at radius 3 is 2.12 bits per heavy atom. The molecule has 0 fully saturated rings. The van der Waals surface area contributed by atoms with Crippen molar-refractivity contribution in [2.75, 3.05) is 13.2 Å². The highest BCUT2D eigenvalue weighted by Gasteiger charge is 2.25. The summed E-state index contributed by atoms with van der Waals surface area (Å²) in [6, 6.07) is 0. The van der Waals surface area contributed by atoms with Gasteiger partial charge in [-0.2, -0.15) is 0 Å². The van der Waals surface area contributed by atoms with Gasteiger partial charge in [0.05, 0.1) is 18.2 Å². The summed E-state index contributed by atoms with van der Waals surface area (Å²) in [5.74, 6) is 0. The van der Waals surface area contributed by atoms with Crippen LogP contribution in [-0.4, -0.2) is 13.2 Å². The van der Waals surface area contributed by atoms with E-state index >= 15 is 0 Å². The molecule has 0 radical (unpaired) electrons. The maximum Gasteiger partial charge on any atom is 0.529 e. The molecule has 4 nitrogen and oxygen atoms in total. The Morgan fingerprint density at radius 1 is 1.25 bits per heavy atom. The van der Waals surface area contributed by atoms with Crippen molar-refractivity contribution in [3.05, 3.63) is 22.9 Å². The first-order valence-electron chi connectivity index (χ1n) is 5.01. The third kappa shape index (κ3) is 7.07. The van der Waals surface area contributed by atoms with Gasteiger partial charge in [0.2, 0.25) is 0 Å². The van der Waals surface area contributed by atoms with Crippen LogP contribution >= 0.6 is 19.4 Å². The van der Waals surface area contributed by atoms with Crippen LogP contribution in [0.25, 0.3) is 0 Å². The Balaban J connectivity index is 4.53. The van der Waals surface area contributed by atoms with Crippen molar-refractivity contribution < 1.29 is 18.1 Å². The third-order valence-electron chi connectivity index (χ3n) is 1.30. The summed E-state index contributed by atoms with van der Waals surface area (Å²) in [7, 11) is -3.51. The van der Waals surface area contributed by atoms with Gasteiger partial charge in [0.15, 0.2) is 0 Å². The summed E-state index contributed by atoms with van der Waals surface area (Å²) in [6.07, 6.45) is 2.85. The molecule has 0 N–H and O–H groups in total. The molecule has 0 amide bonds. The fourth-order valence-electron chi connectivity index (χ4n) is 0.839. The van der Waals surface area contributed by atoms with E-state index in [0.717, 1.165) is 5.57 Å². The van der Waals surface area contributed by atoms with Crippen LogP contribution in [0.5, 0.6) is 0 Å². The Morgan fingerprint density at radius 2 is 1.75 bits per heavy atom. The lowest BCUT2D eigenvalue weighted by atomic mass is 10.3. The number of hydrogen-bond donors (Lipinski definition) is 0. The van der Waals surface area contributed by atoms with Crippen molar-refractivity contribution in [1.29, 1.82) is 0 Å². The molecule has 0 aromatic carbocycles. The van der Waals surface area contributed by atoms with Crippen LogP contribution < -0.4 is 0 Å². The van der Waals surface area contributed by atoms with E-state index in [1.807, 2.05) is 13.8 Å². The van der Waals surface area contributed by atoms with Gasteiger partial charge in [-0.15, -0.1) is 0 Å². The quantitative estimate of drug-likeness (QED) is 0.394. The molecule has 0 aliphatic carbocycles. The van der Waals surface area contributed by atoms with E-state index in [2.05, 4.69) is 0 Å². The standard InChI is InChI=1S/C10H18ClO4P/c1-5-13-16(12,14-6-2)15-8-10(11)7-9(3)4/h7-8H,5-6H2,1-4H3/b10-8+. The summed E-state index contributed by atoms with van der Waals surface area (Å²) >= 11 is 5.81. The minimum Gasteiger partial charge on any atom is -0.410 e. The zero-order valence-electron chi connectivity index (χ0n) is 10.0. The molecule has 0 bridgehead atoms. The Hall–Kier alpha value is -0.280. The molecule has 0 saturated heterocycles. The van der Waals surface area contributed by atoms with Gasteiger partial charge in [-0.25, -0.2) is 4.57 Å². The molecule has 0 unspecified atom stereocenters. The molecular weight excluding hydrogens is 251 g/mol. The smallest absolute Gasteiger partial charge is 0.410 e. The fraction of sp³-hybridized carbons (Fsp3) is 0.600. The van der Waals surface area contributed by atoms with Crippen LogP contribution in [-0.2, 0) is 18.1 Å². The van der Waals surface area contributed by atoms with Crippen molar-refractivity contribution in [3.8, 4) is 0 Å². The second-order valence-corrected chi connectivity index (χ2v) is 5.17. The average Bonchev–Trinajstić information content (AvgIpc) is 2.15. The second-order valence-electron chi connectivity index (χ2n) is 3.11. The largest absolute Gasteiger partial charge is 0.529 e. The van der Waals surface area contributed by atoms with Crippen LogP contribution in [0.1, 0.15) is 27.7 Å². The van der Waals surface area contributed by atoms with Crippen LogP contribution in [0.2, 0.25) is 0 Å². The lowest BCUT2D eigenvalue weighted by molar-refractivity contribution is 0.153. The number of allylic oxidation sites excluding steroid dienone is 3. The van der Waals surface area contributed by atoms with Gasteiger partial charge in [-0.3, -0.25) is 9.05 Å². The topological polar surface area (TPSA) is 44.8 Å². The van der Waals surface area contributed by atoms with Gasteiger partial charge in [0, 0.05) is 0 Å². The fourth-order valence-corrected chi connectivity index (χ4v) is 2.24. The lowest BCUT2D eigenvalue weighted by Crippen LogP contribution is -1.96. The normalized spacial score (nSPS) is 12.4. The maximum atomic E-state index is 11.8. The molecular formula is C10H18ClO4P. The van der Waals surface area contributed by atoms with Gasteiger partial charge in [-0.1, -0.05) is 17.2 Å². The van der Waals surface area contributed by atoms with E-state index in [4.69, 9.17) is 25.2 Å². The zero-order chi connectivity index (χ0) is 12.6. The SMILES string of the molecule is CCOP(=O)(O/C=C(/Cl)C=C(C)C)OCC. The van der Waals surface area contributed by atoms with E-state index in [1.165, 1.54) is 6.26 Å². The van der Waals surface area contributed by atoms with Crippen LogP contribution in [0, 0.1) is 0 Å². The molecule has 0 aliphatic rings. The molecule has 6 heteroatoms. The summed E-state index contributed by atoms with van der Waals surface area (Å²) in [5.41, 5.74) is 1.01. The van der Waals surface area contributed by atoms with Gasteiger partial charge >= 0.3 is 7.82 Å². The molecule has 0 atom stereocenters. The lowest BCUT2D eigenvalue weighted by Gasteiger charge is -2.14. The van der Waals surface area contributed by atoms with Crippen molar-refractivity contribution in [3.63, 3.8) is 0 Å². The minimum absolute atomic E-state index is 0.241. The van der Waals surface area contributed by atoms with E-state index < -0.39 is 7.82 Å². The monoisotopic (exact) mass is 268 g/mol. The first kappa shape index (κ1) is 15.7. The summed E-state index contributed by atoms with van der Waals surface area (Å²) in [4.78, 5) is 0. The van der Waals surface area contributed by atoms with Crippen molar-refractivity contribution >= 4 is 19.4 Å². The molecule has 0 spiro atoms. The first-order chi connectivity index (χ1) is 7.43. The van der Waals surface area contributed by atoms with Crippen LogP contribution in [0.4, 0.5) is 0 Å². The Labute approximate surface area is 102 Å². The number of rotatable bonds is 7. The van der Waals surface area contributed by atoms with Crippen molar-refractivity contribution in [1.82, 2.24) is 0 Å². The molecule has 94 valence electrons. The van der Waals surface area contributed by atoms with Gasteiger partial charge in [0.1, 0.15) is 6.26 Å². The molecule has 0 aromatic heterocycles. The molecule has 0 heterocycles. The maximum absolute atomic E-state index is 11.8. The number of hydrogen-bond acceptors (Lipinski definition) is 4. The highest BCUT2D eigenvalue weighted by Crippen LogP contribution is 2.49. The molecule has 0 rings (SSSR count). The zero-order valence-corrected chi connectivity index (χ0v) is 11.7. The Kier molecular flexibility index (Phi) is 7.77. The Bertz CT molecular complexity index is 298. The van der Waals surface area contributed by atoms with Crippen molar-refractivity contribution in [2.45, 2.75) is 27.7 Å². The van der Waals surface area contributed by atoms with E-state index in [1.54, 1.807) is 19.9 Å². The van der Waals surface area contributed by atoms with Gasteiger partial charge in [-0.05, 0) is 33.8 Å². The highest BCUT2D eigenvalue weighted by atomic mass is 35.5. The summed E-state index contributed by atoms with van der Waals surface area (Å²) < 4.78 is 26.6. The second kappa shape index (κ2) is 7.91. The molecule has 16 heavy (non-hydrogen) atoms. The van der Waals surface area contributed by atoms with Crippen molar-refractivity contribution in [2.24, 2.45) is 0 Å². The number of halogens is 1. The molecule has 0 saturated carbocycles. The predicted molar refractivity (Wildman–Crippen MR) is 65.3 cm³/mol. The first-order valence-corrected chi connectivity index (χ1v) is 6.85. The molecule has 0 aliphatic heterocycles. The highest BCUT2D eigenvalue weighted by molar-refractivity contribution is 7.48. The number of phosphoric ester groups is 1. The van der Waals surface area contributed by atoms with E-state index in [-0.39, 0.29) is 13.2 Å². The summed E-state index contributed by atoms with van der Waals surface area (Å²) in [6.45, 7) is 7.67. The predicted octanol–water partition coefficient (Wildman–Crippen LogP) is 4.23. The van der Waals surface area contributed by atoms with E-state index in [9.17, 15) is 4.57 Å².